The molecule has 0 saturated carbocycles. The van der Waals surface area contributed by atoms with E-state index in [-0.39, 0.29) is 5.75 Å². The van der Waals surface area contributed by atoms with E-state index < -0.39 is 5.97 Å². The molecule has 98 valence electrons. The van der Waals surface area contributed by atoms with Gasteiger partial charge >= 0.3 is 5.97 Å². The van der Waals surface area contributed by atoms with Crippen LogP contribution in [0.25, 0.3) is 6.08 Å². The van der Waals surface area contributed by atoms with Crippen molar-refractivity contribution in [1.29, 1.82) is 5.26 Å². The zero-order chi connectivity index (χ0) is 14.4. The highest BCUT2D eigenvalue weighted by Gasteiger charge is 2.05. The molecular formula is C17H13NO2. The molecule has 0 amide bonds. The number of nitriles is 1. The smallest absolute Gasteiger partial charge is 0.336 e. The lowest BCUT2D eigenvalue weighted by Crippen LogP contribution is -2.04. The van der Waals surface area contributed by atoms with Crippen LogP contribution in [-0.2, 0) is 4.79 Å². The van der Waals surface area contributed by atoms with Gasteiger partial charge in [0.15, 0.2) is 0 Å². The fourth-order valence-electron chi connectivity index (χ4n) is 1.63. The first-order chi connectivity index (χ1) is 9.69. The number of rotatable bonds is 3. The number of nitrogens with zero attached hydrogens (tertiary/aromatic N) is 1. The molecule has 0 fully saturated rings. The monoisotopic (exact) mass is 263 g/mol. The minimum absolute atomic E-state index is 0.272. The number of aryl methyl sites for hydroxylation is 1. The first-order valence-corrected chi connectivity index (χ1v) is 6.15. The number of para-hydroxylation sites is 1. The minimum Gasteiger partial charge on any atom is -0.422 e. The maximum Gasteiger partial charge on any atom is 0.336 e. The fourth-order valence-corrected chi connectivity index (χ4v) is 1.63. The van der Waals surface area contributed by atoms with Gasteiger partial charge in [-0.05, 0) is 30.7 Å². The average Bonchev–Trinajstić information content (AvgIpc) is 2.47. The Balaban J connectivity index is 2.06. The molecule has 0 bridgehead atoms. The maximum absolute atomic E-state index is 11.7. The van der Waals surface area contributed by atoms with Crippen LogP contribution >= 0.6 is 0 Å². The quantitative estimate of drug-likeness (QED) is 0.484. The Morgan fingerprint density at radius 2 is 1.85 bits per heavy atom. The van der Waals surface area contributed by atoms with Crippen LogP contribution in [0, 0.1) is 18.3 Å². The van der Waals surface area contributed by atoms with Crippen molar-refractivity contribution in [3.8, 4) is 11.8 Å². The molecule has 2 rings (SSSR count). The summed E-state index contributed by atoms with van der Waals surface area (Å²) in [7, 11) is 0. The van der Waals surface area contributed by atoms with E-state index >= 15 is 0 Å². The van der Waals surface area contributed by atoms with Crippen LogP contribution in [0.5, 0.6) is 5.75 Å². The van der Waals surface area contributed by atoms with Crippen LogP contribution in [0.2, 0.25) is 0 Å². The Labute approximate surface area is 117 Å². The van der Waals surface area contributed by atoms with E-state index in [9.17, 15) is 4.79 Å². The number of carbonyl (C=O) groups is 1. The predicted molar refractivity (Wildman–Crippen MR) is 77.0 cm³/mol. The molecule has 0 aliphatic heterocycles. The molecule has 2 aromatic rings. The van der Waals surface area contributed by atoms with Gasteiger partial charge in [-0.2, -0.15) is 5.26 Å². The number of hydrogen-bond donors (Lipinski definition) is 0. The number of ether oxygens (including phenoxy) is 1. The first kappa shape index (κ1) is 13.6. The Morgan fingerprint density at radius 3 is 2.55 bits per heavy atom. The second-order valence-corrected chi connectivity index (χ2v) is 4.27. The molecule has 0 aliphatic carbocycles. The molecule has 2 aromatic carbocycles. The van der Waals surface area contributed by atoms with Crippen LogP contribution in [-0.4, -0.2) is 5.97 Å². The minimum atomic E-state index is -0.506. The number of hydrogen-bond acceptors (Lipinski definition) is 3. The molecule has 0 unspecified atom stereocenters. The van der Waals surface area contributed by atoms with Crippen molar-refractivity contribution in [2.45, 2.75) is 6.92 Å². The highest BCUT2D eigenvalue weighted by molar-refractivity contribution is 5.89. The largest absolute Gasteiger partial charge is 0.422 e. The first-order valence-electron chi connectivity index (χ1n) is 6.15. The summed E-state index contributed by atoms with van der Waals surface area (Å²) in [6.07, 6.45) is 3.02. The van der Waals surface area contributed by atoms with E-state index in [1.807, 2.05) is 37.3 Å². The second kappa shape index (κ2) is 6.35. The van der Waals surface area contributed by atoms with Gasteiger partial charge in [0.25, 0.3) is 0 Å². The molecule has 0 atom stereocenters. The zero-order valence-electron chi connectivity index (χ0n) is 11.0. The molecule has 0 saturated heterocycles. The van der Waals surface area contributed by atoms with E-state index in [0.29, 0.717) is 5.56 Å². The fraction of sp³-hybridized carbons (Fsp3) is 0.0588. The SMILES string of the molecule is Cc1ccc(/C=C/C(=O)Oc2ccccc2C#N)cc1. The van der Waals surface area contributed by atoms with Gasteiger partial charge in [-0.1, -0.05) is 42.0 Å². The summed E-state index contributed by atoms with van der Waals surface area (Å²) in [5, 5.41) is 8.91. The molecule has 0 aliphatic rings. The zero-order valence-corrected chi connectivity index (χ0v) is 11.0. The van der Waals surface area contributed by atoms with Crippen LogP contribution in [0.4, 0.5) is 0 Å². The summed E-state index contributed by atoms with van der Waals surface area (Å²) in [4.78, 5) is 11.7. The Bertz CT molecular complexity index is 679. The van der Waals surface area contributed by atoms with Crippen molar-refractivity contribution in [2.24, 2.45) is 0 Å². The summed E-state index contributed by atoms with van der Waals surface area (Å²) in [5.41, 5.74) is 2.42. The molecule has 0 N–H and O–H groups in total. The van der Waals surface area contributed by atoms with Gasteiger partial charge in [-0.25, -0.2) is 4.79 Å². The molecule has 3 nitrogen and oxygen atoms in total. The predicted octanol–water partition coefficient (Wildman–Crippen LogP) is 3.49. The van der Waals surface area contributed by atoms with Gasteiger partial charge in [0.05, 0.1) is 5.56 Å². The maximum atomic E-state index is 11.7. The van der Waals surface area contributed by atoms with E-state index in [1.54, 1.807) is 30.3 Å². The lowest BCUT2D eigenvalue weighted by Gasteiger charge is -2.02. The molecule has 3 heteroatoms. The van der Waals surface area contributed by atoms with Gasteiger partial charge in [-0.3, -0.25) is 0 Å². The van der Waals surface area contributed by atoms with Crippen molar-refractivity contribution in [3.63, 3.8) is 0 Å². The summed E-state index contributed by atoms with van der Waals surface area (Å²) < 4.78 is 5.13. The molecular weight excluding hydrogens is 250 g/mol. The number of esters is 1. The molecule has 0 aromatic heterocycles. The van der Waals surface area contributed by atoms with Crippen LogP contribution in [0.15, 0.2) is 54.6 Å². The van der Waals surface area contributed by atoms with Crippen molar-refractivity contribution in [1.82, 2.24) is 0 Å². The van der Waals surface area contributed by atoms with Crippen molar-refractivity contribution < 1.29 is 9.53 Å². The Hall–Kier alpha value is -2.86. The van der Waals surface area contributed by atoms with E-state index in [0.717, 1.165) is 11.1 Å². The molecule has 20 heavy (non-hydrogen) atoms. The van der Waals surface area contributed by atoms with Gasteiger partial charge in [0.2, 0.25) is 0 Å². The van der Waals surface area contributed by atoms with E-state index in [4.69, 9.17) is 10.00 Å². The van der Waals surface area contributed by atoms with Crippen LogP contribution < -0.4 is 4.74 Å². The van der Waals surface area contributed by atoms with E-state index in [2.05, 4.69) is 0 Å². The molecule has 0 heterocycles. The highest BCUT2D eigenvalue weighted by atomic mass is 16.5. The lowest BCUT2D eigenvalue weighted by molar-refractivity contribution is -0.128. The summed E-state index contributed by atoms with van der Waals surface area (Å²) in [6.45, 7) is 2.00. The second-order valence-electron chi connectivity index (χ2n) is 4.27. The van der Waals surface area contributed by atoms with Crippen molar-refractivity contribution in [2.75, 3.05) is 0 Å². The summed E-state index contributed by atoms with van der Waals surface area (Å²) in [5.74, 6) is -0.234. The molecule has 0 spiro atoms. The Kier molecular flexibility index (Phi) is 4.31. The normalized spacial score (nSPS) is 10.2. The summed E-state index contributed by atoms with van der Waals surface area (Å²) >= 11 is 0. The van der Waals surface area contributed by atoms with Gasteiger partial charge in [0.1, 0.15) is 11.8 Å². The Morgan fingerprint density at radius 1 is 1.15 bits per heavy atom. The topological polar surface area (TPSA) is 50.1 Å². The molecule has 0 radical (unpaired) electrons. The van der Waals surface area contributed by atoms with Crippen LogP contribution in [0.1, 0.15) is 16.7 Å². The number of carbonyl (C=O) groups excluding carboxylic acids is 1. The third-order valence-corrected chi connectivity index (χ3v) is 2.71. The third-order valence-electron chi connectivity index (χ3n) is 2.71. The van der Waals surface area contributed by atoms with Crippen LogP contribution in [0.3, 0.4) is 0 Å². The van der Waals surface area contributed by atoms with Gasteiger partial charge in [-0.15, -0.1) is 0 Å². The number of benzene rings is 2. The van der Waals surface area contributed by atoms with Gasteiger partial charge < -0.3 is 4.74 Å². The average molecular weight is 263 g/mol. The highest BCUT2D eigenvalue weighted by Crippen LogP contribution is 2.17. The third kappa shape index (κ3) is 3.56. The van der Waals surface area contributed by atoms with Crippen molar-refractivity contribution in [3.05, 3.63) is 71.3 Å². The standard InChI is InChI=1S/C17H13NO2/c1-13-6-8-14(9-7-13)10-11-17(19)20-16-5-3-2-4-15(16)12-18/h2-11H,1H3/b11-10+. The summed E-state index contributed by atoms with van der Waals surface area (Å²) in [6, 6.07) is 16.4. The van der Waals surface area contributed by atoms with Gasteiger partial charge in [0, 0.05) is 6.08 Å². The van der Waals surface area contributed by atoms with E-state index in [1.165, 1.54) is 6.08 Å². The van der Waals surface area contributed by atoms with Crippen molar-refractivity contribution >= 4 is 12.0 Å². The lowest BCUT2D eigenvalue weighted by atomic mass is 10.1.